The summed E-state index contributed by atoms with van der Waals surface area (Å²) < 4.78 is 0. The van der Waals surface area contributed by atoms with E-state index in [1.165, 1.54) is 11.3 Å². The molecule has 0 aromatic carbocycles. The molecular weight excluding hydrogens is 175 g/mol. The first-order valence-corrected chi connectivity index (χ1v) is 3.41. The second kappa shape index (κ2) is 5.46. The minimum absolute atomic E-state index is 0. The van der Waals surface area contributed by atoms with Crippen molar-refractivity contribution < 1.29 is 9.90 Å². The van der Waals surface area contributed by atoms with Crippen LogP contribution in [0.15, 0.2) is 17.5 Å². The molecule has 0 saturated heterocycles. The Bertz CT molecular complexity index is 196. The molecule has 0 bridgehead atoms. The third-order valence-corrected chi connectivity index (χ3v) is 1.78. The van der Waals surface area contributed by atoms with Gasteiger partial charge in [0.15, 0.2) is 0 Å². The largest absolute Gasteiger partial charge is 0.481 e. The maximum absolute atomic E-state index is 10.1. The first kappa shape index (κ1) is 10.8. The molecule has 0 spiro atoms. The fourth-order valence-corrected chi connectivity index (χ4v) is 1.26. The summed E-state index contributed by atoms with van der Waals surface area (Å²) in [5.74, 6) is -0.766. The predicted octanol–water partition coefficient (Wildman–Crippen LogP) is 0.994. The smallest absolute Gasteiger partial charge is 0.308 e. The standard InChI is InChI=1S/C6H6O2S.K/c7-6(8)4-5-2-1-3-9-5;/h1-3H,4H2,(H,7,8);. The summed E-state index contributed by atoms with van der Waals surface area (Å²) in [5.41, 5.74) is 0. The Hall–Kier alpha value is 0.806. The quantitative estimate of drug-likeness (QED) is 0.691. The molecule has 0 fully saturated rings. The molecular formula is C6H6KO2S. The Morgan fingerprint density at radius 1 is 1.70 bits per heavy atom. The van der Waals surface area contributed by atoms with Crippen molar-refractivity contribution >= 4 is 68.7 Å². The number of hydrogen-bond acceptors (Lipinski definition) is 2. The Morgan fingerprint density at radius 2 is 2.40 bits per heavy atom. The molecule has 2 nitrogen and oxygen atoms in total. The van der Waals surface area contributed by atoms with Crippen LogP contribution in [0.5, 0.6) is 0 Å². The van der Waals surface area contributed by atoms with Crippen LogP contribution in [0.2, 0.25) is 0 Å². The predicted molar refractivity (Wildman–Crippen MR) is 41.4 cm³/mol. The molecule has 4 heteroatoms. The van der Waals surface area contributed by atoms with Gasteiger partial charge in [-0.2, -0.15) is 0 Å². The molecule has 0 aliphatic carbocycles. The van der Waals surface area contributed by atoms with Crippen molar-refractivity contribution in [2.75, 3.05) is 0 Å². The summed E-state index contributed by atoms with van der Waals surface area (Å²) >= 11 is 1.47. The van der Waals surface area contributed by atoms with Crippen molar-refractivity contribution in [1.82, 2.24) is 0 Å². The number of thiophene rings is 1. The van der Waals surface area contributed by atoms with Crippen molar-refractivity contribution in [3.8, 4) is 0 Å². The van der Waals surface area contributed by atoms with Crippen LogP contribution < -0.4 is 0 Å². The molecule has 0 atom stereocenters. The maximum atomic E-state index is 10.1. The number of carboxylic acid groups (broad SMARTS) is 1. The van der Waals surface area contributed by atoms with Crippen molar-refractivity contribution in [1.29, 1.82) is 0 Å². The average molecular weight is 181 g/mol. The van der Waals surface area contributed by atoms with E-state index in [1.54, 1.807) is 0 Å². The molecule has 1 radical (unpaired) electrons. The molecule has 0 unspecified atom stereocenters. The number of carbonyl (C=O) groups is 1. The fourth-order valence-electron chi connectivity index (χ4n) is 0.562. The first-order valence-electron chi connectivity index (χ1n) is 2.53. The van der Waals surface area contributed by atoms with E-state index in [1.807, 2.05) is 17.5 Å². The van der Waals surface area contributed by atoms with E-state index in [0.717, 1.165) is 4.88 Å². The molecule has 0 saturated carbocycles. The van der Waals surface area contributed by atoms with E-state index in [4.69, 9.17) is 5.11 Å². The normalized spacial score (nSPS) is 8.40. The Kier molecular flexibility index (Phi) is 5.90. The zero-order valence-electron chi connectivity index (χ0n) is 5.70. The summed E-state index contributed by atoms with van der Waals surface area (Å²) in [6.45, 7) is 0. The summed E-state index contributed by atoms with van der Waals surface area (Å²) in [4.78, 5) is 11.0. The number of aliphatic carboxylic acids is 1. The number of rotatable bonds is 2. The van der Waals surface area contributed by atoms with E-state index in [9.17, 15) is 4.79 Å². The molecule has 0 amide bonds. The second-order valence-corrected chi connectivity index (χ2v) is 2.68. The third kappa shape index (κ3) is 3.85. The van der Waals surface area contributed by atoms with Crippen LogP contribution in [0.3, 0.4) is 0 Å². The van der Waals surface area contributed by atoms with Gasteiger partial charge >= 0.3 is 5.97 Å². The minimum atomic E-state index is -0.766. The van der Waals surface area contributed by atoms with Gasteiger partial charge in [-0.25, -0.2) is 0 Å². The molecule has 1 N–H and O–H groups in total. The van der Waals surface area contributed by atoms with E-state index >= 15 is 0 Å². The van der Waals surface area contributed by atoms with E-state index in [0.29, 0.717) is 0 Å². The summed E-state index contributed by atoms with van der Waals surface area (Å²) in [7, 11) is 0. The van der Waals surface area contributed by atoms with Gasteiger partial charge in [0, 0.05) is 56.3 Å². The maximum Gasteiger partial charge on any atom is 0.308 e. The van der Waals surface area contributed by atoms with Gasteiger partial charge in [0.05, 0.1) is 6.42 Å². The van der Waals surface area contributed by atoms with Crippen LogP contribution >= 0.6 is 11.3 Å². The number of carboxylic acids is 1. The van der Waals surface area contributed by atoms with Gasteiger partial charge in [-0.1, -0.05) is 6.07 Å². The molecule has 1 aromatic rings. The number of hydrogen-bond donors (Lipinski definition) is 1. The summed E-state index contributed by atoms with van der Waals surface area (Å²) in [6, 6.07) is 3.67. The Morgan fingerprint density at radius 3 is 2.80 bits per heavy atom. The fraction of sp³-hybridized carbons (Fsp3) is 0.167. The molecule has 0 aliphatic heterocycles. The second-order valence-electron chi connectivity index (χ2n) is 1.65. The van der Waals surface area contributed by atoms with Gasteiger partial charge in [0.1, 0.15) is 0 Å². The van der Waals surface area contributed by atoms with E-state index < -0.39 is 5.97 Å². The summed E-state index contributed by atoms with van der Waals surface area (Å²) in [5, 5.41) is 10.2. The SMILES string of the molecule is O=C(O)Cc1cccs1.[K]. The third-order valence-electron chi connectivity index (χ3n) is 0.906. The Balaban J connectivity index is 0.000000810. The van der Waals surface area contributed by atoms with Gasteiger partial charge < -0.3 is 5.11 Å². The molecule has 1 heterocycles. The van der Waals surface area contributed by atoms with Crippen LogP contribution in [-0.4, -0.2) is 62.5 Å². The molecule has 1 rings (SSSR count). The van der Waals surface area contributed by atoms with Gasteiger partial charge in [-0.05, 0) is 11.4 Å². The van der Waals surface area contributed by atoms with Crippen molar-refractivity contribution in [3.63, 3.8) is 0 Å². The molecule has 49 valence electrons. The van der Waals surface area contributed by atoms with Crippen LogP contribution in [-0.2, 0) is 11.2 Å². The van der Waals surface area contributed by atoms with Crippen LogP contribution in [0.25, 0.3) is 0 Å². The molecule has 1 aromatic heterocycles. The van der Waals surface area contributed by atoms with Crippen LogP contribution in [0.4, 0.5) is 0 Å². The van der Waals surface area contributed by atoms with Gasteiger partial charge in [0.2, 0.25) is 0 Å². The van der Waals surface area contributed by atoms with Crippen molar-refractivity contribution in [2.24, 2.45) is 0 Å². The Labute approximate surface area is 106 Å². The van der Waals surface area contributed by atoms with Gasteiger partial charge in [-0.15, -0.1) is 11.3 Å². The van der Waals surface area contributed by atoms with Gasteiger partial charge in [0.25, 0.3) is 0 Å². The zero-order valence-corrected chi connectivity index (χ0v) is 9.64. The summed E-state index contributed by atoms with van der Waals surface area (Å²) in [6.07, 6.45) is 0.150. The van der Waals surface area contributed by atoms with Crippen molar-refractivity contribution in [3.05, 3.63) is 22.4 Å². The average Bonchev–Trinajstić information content (AvgIpc) is 2.15. The minimum Gasteiger partial charge on any atom is -0.481 e. The van der Waals surface area contributed by atoms with Gasteiger partial charge in [-0.3, -0.25) is 4.79 Å². The molecule has 0 aliphatic rings. The van der Waals surface area contributed by atoms with E-state index in [-0.39, 0.29) is 57.8 Å². The monoisotopic (exact) mass is 181 g/mol. The van der Waals surface area contributed by atoms with Crippen molar-refractivity contribution in [2.45, 2.75) is 6.42 Å². The molecule has 10 heavy (non-hydrogen) atoms. The topological polar surface area (TPSA) is 37.3 Å². The van der Waals surface area contributed by atoms with Crippen LogP contribution in [0.1, 0.15) is 4.88 Å². The zero-order chi connectivity index (χ0) is 6.69. The van der Waals surface area contributed by atoms with E-state index in [2.05, 4.69) is 0 Å². The van der Waals surface area contributed by atoms with Crippen LogP contribution in [0, 0.1) is 0 Å². The first-order chi connectivity index (χ1) is 4.29.